The lowest BCUT2D eigenvalue weighted by Crippen LogP contribution is -2.01. The molecule has 1 aromatic rings. The molecule has 0 saturated carbocycles. The standard InChI is InChI=1S/C16H16N2OS/c1-13(7-9-17)14-11-16(8-10-18-12-14)20(19)15-5-3-2-4-6-15/h2-6,8,11-13H,7,10H2,1H3. The van der Waals surface area contributed by atoms with Crippen LogP contribution in [-0.2, 0) is 10.8 Å². The molecule has 1 aromatic carbocycles. The summed E-state index contributed by atoms with van der Waals surface area (Å²) in [5.41, 5.74) is 0.958. The van der Waals surface area contributed by atoms with Crippen LogP contribution in [0.1, 0.15) is 13.3 Å². The first kappa shape index (κ1) is 14.4. The molecular formula is C16H16N2OS. The zero-order valence-electron chi connectivity index (χ0n) is 11.3. The van der Waals surface area contributed by atoms with E-state index in [9.17, 15) is 4.21 Å². The van der Waals surface area contributed by atoms with Crippen molar-refractivity contribution in [2.75, 3.05) is 6.54 Å². The van der Waals surface area contributed by atoms with Crippen molar-refractivity contribution < 1.29 is 4.21 Å². The topological polar surface area (TPSA) is 53.2 Å². The van der Waals surface area contributed by atoms with Crippen LogP contribution in [0.5, 0.6) is 0 Å². The number of aliphatic imine (C=N–C) groups is 1. The Morgan fingerprint density at radius 2 is 2.15 bits per heavy atom. The lowest BCUT2D eigenvalue weighted by atomic mass is 9.99. The number of benzene rings is 1. The van der Waals surface area contributed by atoms with Gasteiger partial charge in [0.05, 0.1) is 23.4 Å². The molecule has 3 nitrogen and oxygen atoms in total. The maximum Gasteiger partial charge on any atom is 0.0847 e. The van der Waals surface area contributed by atoms with Crippen molar-refractivity contribution in [3.8, 4) is 6.07 Å². The molecule has 2 unspecified atom stereocenters. The largest absolute Gasteiger partial charge is 0.289 e. The predicted molar refractivity (Wildman–Crippen MR) is 81.8 cm³/mol. The van der Waals surface area contributed by atoms with Gasteiger partial charge in [0.2, 0.25) is 0 Å². The summed E-state index contributed by atoms with van der Waals surface area (Å²) in [7, 11) is -1.20. The van der Waals surface area contributed by atoms with E-state index in [0.29, 0.717) is 13.0 Å². The van der Waals surface area contributed by atoms with Crippen LogP contribution in [0.2, 0.25) is 0 Å². The van der Waals surface area contributed by atoms with Gasteiger partial charge >= 0.3 is 0 Å². The second kappa shape index (κ2) is 6.97. The molecule has 2 rings (SSSR count). The van der Waals surface area contributed by atoms with E-state index in [1.54, 1.807) is 6.21 Å². The van der Waals surface area contributed by atoms with Crippen molar-refractivity contribution >= 4 is 17.0 Å². The molecule has 102 valence electrons. The Morgan fingerprint density at radius 1 is 1.40 bits per heavy atom. The van der Waals surface area contributed by atoms with Crippen molar-refractivity contribution in [3.05, 3.63) is 53.0 Å². The van der Waals surface area contributed by atoms with Gasteiger partial charge in [-0.1, -0.05) is 25.1 Å². The van der Waals surface area contributed by atoms with Crippen molar-refractivity contribution in [1.82, 2.24) is 0 Å². The molecular weight excluding hydrogens is 268 g/mol. The molecule has 20 heavy (non-hydrogen) atoms. The van der Waals surface area contributed by atoms with Crippen LogP contribution in [0.4, 0.5) is 0 Å². The summed E-state index contributed by atoms with van der Waals surface area (Å²) in [4.78, 5) is 5.81. The van der Waals surface area contributed by atoms with Crippen LogP contribution in [0.25, 0.3) is 0 Å². The van der Waals surface area contributed by atoms with Gasteiger partial charge in [-0.3, -0.25) is 4.99 Å². The average molecular weight is 284 g/mol. The van der Waals surface area contributed by atoms with Crippen LogP contribution < -0.4 is 0 Å². The minimum absolute atomic E-state index is 0.0954. The summed E-state index contributed by atoms with van der Waals surface area (Å²) in [6.45, 7) is 2.50. The normalized spacial score (nSPS) is 17.4. The summed E-state index contributed by atoms with van der Waals surface area (Å²) in [5, 5.41) is 8.79. The Hall–Kier alpha value is -1.99. The molecule has 4 heteroatoms. The van der Waals surface area contributed by atoms with Gasteiger partial charge < -0.3 is 0 Å². The molecule has 0 aromatic heterocycles. The van der Waals surface area contributed by atoms with Gasteiger partial charge in [0, 0.05) is 22.4 Å². The predicted octanol–water partition coefficient (Wildman–Crippen LogP) is 3.24. The Bertz CT molecular complexity index is 624. The first-order chi connectivity index (χ1) is 9.72. The van der Waals surface area contributed by atoms with Crippen LogP contribution in [0, 0.1) is 17.2 Å². The molecule has 0 bridgehead atoms. The fourth-order valence-electron chi connectivity index (χ4n) is 1.89. The fraction of sp³-hybridized carbons (Fsp3) is 0.250. The van der Waals surface area contributed by atoms with Crippen molar-refractivity contribution in [2.24, 2.45) is 10.9 Å². The first-order valence-electron chi connectivity index (χ1n) is 6.47. The number of nitrogens with zero attached hydrogens (tertiary/aromatic N) is 2. The zero-order valence-corrected chi connectivity index (χ0v) is 12.1. The molecule has 0 amide bonds. The molecule has 0 radical (unpaired) electrons. The summed E-state index contributed by atoms with van der Waals surface area (Å²) in [6.07, 6.45) is 6.00. The lowest BCUT2D eigenvalue weighted by Gasteiger charge is -2.09. The molecule has 0 fully saturated rings. The second-order valence-corrected chi connectivity index (χ2v) is 6.07. The van der Waals surface area contributed by atoms with E-state index < -0.39 is 10.8 Å². The van der Waals surface area contributed by atoms with Crippen molar-refractivity contribution in [1.29, 1.82) is 5.26 Å². The second-order valence-electron chi connectivity index (χ2n) is 4.59. The van der Waals surface area contributed by atoms with Gasteiger partial charge in [-0.2, -0.15) is 5.26 Å². The van der Waals surface area contributed by atoms with Gasteiger partial charge in [0.1, 0.15) is 0 Å². The summed E-state index contributed by atoms with van der Waals surface area (Å²) < 4.78 is 12.6. The monoisotopic (exact) mass is 284 g/mol. The third-order valence-corrected chi connectivity index (χ3v) is 4.50. The summed E-state index contributed by atoms with van der Waals surface area (Å²) in [5.74, 6) is 0.0954. The Labute approximate surface area is 121 Å². The highest BCUT2D eigenvalue weighted by molar-refractivity contribution is 7.89. The van der Waals surface area contributed by atoms with Crippen LogP contribution in [-0.4, -0.2) is 17.0 Å². The number of allylic oxidation sites excluding steroid dienone is 2. The molecule has 1 heterocycles. The molecule has 0 saturated heterocycles. The number of hydrogen-bond donors (Lipinski definition) is 0. The minimum Gasteiger partial charge on any atom is -0.289 e. The smallest absolute Gasteiger partial charge is 0.0847 e. The maximum atomic E-state index is 12.6. The average Bonchev–Trinajstić information content (AvgIpc) is 2.74. The number of rotatable bonds is 4. The first-order valence-corrected chi connectivity index (χ1v) is 7.62. The van der Waals surface area contributed by atoms with E-state index in [1.807, 2.05) is 49.4 Å². The summed E-state index contributed by atoms with van der Waals surface area (Å²) >= 11 is 0. The molecule has 2 atom stereocenters. The van der Waals surface area contributed by atoms with Gasteiger partial charge in [0.15, 0.2) is 0 Å². The highest BCUT2D eigenvalue weighted by Gasteiger charge is 2.13. The maximum absolute atomic E-state index is 12.6. The van der Waals surface area contributed by atoms with Gasteiger partial charge in [0.25, 0.3) is 0 Å². The Balaban J connectivity index is 2.28. The summed E-state index contributed by atoms with van der Waals surface area (Å²) in [6, 6.07) is 11.5. The highest BCUT2D eigenvalue weighted by atomic mass is 32.2. The molecule has 0 aliphatic carbocycles. The Kier molecular flexibility index (Phi) is 5.03. The molecule has 1 aliphatic rings. The number of nitriles is 1. The highest BCUT2D eigenvalue weighted by Crippen LogP contribution is 2.22. The van der Waals surface area contributed by atoms with Crippen molar-refractivity contribution in [2.45, 2.75) is 18.2 Å². The minimum atomic E-state index is -1.20. The van der Waals surface area contributed by atoms with E-state index in [1.165, 1.54) is 0 Å². The molecule has 1 aliphatic heterocycles. The van der Waals surface area contributed by atoms with Crippen LogP contribution >= 0.6 is 0 Å². The third kappa shape index (κ3) is 3.52. The van der Waals surface area contributed by atoms with E-state index in [4.69, 9.17) is 5.26 Å². The van der Waals surface area contributed by atoms with Crippen LogP contribution in [0.3, 0.4) is 0 Å². The Morgan fingerprint density at radius 3 is 2.85 bits per heavy atom. The fourth-order valence-corrected chi connectivity index (χ4v) is 3.04. The van der Waals surface area contributed by atoms with E-state index in [-0.39, 0.29) is 5.92 Å². The van der Waals surface area contributed by atoms with E-state index in [0.717, 1.165) is 15.4 Å². The quantitative estimate of drug-likeness (QED) is 0.852. The molecule has 0 spiro atoms. The SMILES string of the molecule is CC(CC#N)C1=CC(S(=O)c2ccccc2)=CCN=C1. The van der Waals surface area contributed by atoms with Crippen molar-refractivity contribution in [3.63, 3.8) is 0 Å². The van der Waals surface area contributed by atoms with Gasteiger partial charge in [-0.15, -0.1) is 0 Å². The zero-order chi connectivity index (χ0) is 14.4. The third-order valence-electron chi connectivity index (χ3n) is 3.09. The van der Waals surface area contributed by atoms with E-state index in [2.05, 4.69) is 11.1 Å². The molecule has 0 N–H and O–H groups in total. The van der Waals surface area contributed by atoms with E-state index >= 15 is 0 Å². The number of hydrogen-bond acceptors (Lipinski definition) is 3. The van der Waals surface area contributed by atoms with Crippen LogP contribution in [0.15, 0.2) is 62.9 Å². The lowest BCUT2D eigenvalue weighted by molar-refractivity contribution is 0.687. The van der Waals surface area contributed by atoms with Gasteiger partial charge in [-0.05, 0) is 35.8 Å². The van der Waals surface area contributed by atoms with Gasteiger partial charge in [-0.25, -0.2) is 4.21 Å².